The first kappa shape index (κ1) is 20.9. The Hall–Kier alpha value is -4.32. The van der Waals surface area contributed by atoms with Crippen LogP contribution < -0.4 is 0 Å². The zero-order chi connectivity index (χ0) is 22.2. The molecule has 2 aromatic carbocycles. The van der Waals surface area contributed by atoms with E-state index in [0.717, 1.165) is 11.1 Å². The molecule has 158 valence electrons. The maximum Gasteiger partial charge on any atom is 0.338 e. The fraction of sp³-hybridized carbons (Fsp3) is 0.0769. The van der Waals surface area contributed by atoms with Crippen LogP contribution in [0, 0.1) is 0 Å². The lowest BCUT2D eigenvalue weighted by Gasteiger charge is -2.08. The topological polar surface area (TPSA) is 78.4 Å². The molecular weight excluding hydrogens is 404 g/mol. The second-order valence-corrected chi connectivity index (χ2v) is 6.98. The van der Waals surface area contributed by atoms with Crippen molar-refractivity contribution >= 4 is 11.9 Å². The molecule has 0 unspecified atom stereocenters. The molecular formula is C26H20N2O4. The third-order valence-electron chi connectivity index (χ3n) is 4.68. The third kappa shape index (κ3) is 5.43. The molecule has 0 fully saturated rings. The Morgan fingerprint density at radius 1 is 0.594 bits per heavy atom. The van der Waals surface area contributed by atoms with Crippen LogP contribution in [0.3, 0.4) is 0 Å². The molecule has 0 aliphatic heterocycles. The smallest absolute Gasteiger partial charge is 0.338 e. The number of ether oxygens (including phenoxy) is 2. The second kappa shape index (κ2) is 10.1. The van der Waals surface area contributed by atoms with E-state index in [0.29, 0.717) is 22.5 Å². The minimum atomic E-state index is -0.462. The summed E-state index contributed by atoms with van der Waals surface area (Å²) in [7, 11) is 0. The molecule has 0 saturated heterocycles. The van der Waals surface area contributed by atoms with Crippen molar-refractivity contribution in [2.45, 2.75) is 13.2 Å². The Balaban J connectivity index is 1.44. The normalized spacial score (nSPS) is 10.4. The lowest BCUT2D eigenvalue weighted by atomic mass is 10.1. The quantitative estimate of drug-likeness (QED) is 0.394. The van der Waals surface area contributed by atoms with E-state index in [2.05, 4.69) is 9.97 Å². The van der Waals surface area contributed by atoms with E-state index in [1.165, 1.54) is 12.4 Å². The summed E-state index contributed by atoms with van der Waals surface area (Å²) in [6, 6.07) is 25.2. The Kier molecular flexibility index (Phi) is 6.63. The van der Waals surface area contributed by atoms with Crippen molar-refractivity contribution in [3.8, 4) is 11.4 Å². The van der Waals surface area contributed by atoms with E-state index in [1.54, 1.807) is 24.3 Å². The van der Waals surface area contributed by atoms with Gasteiger partial charge in [0.05, 0.1) is 22.5 Å². The maximum absolute atomic E-state index is 12.5. The van der Waals surface area contributed by atoms with Crippen molar-refractivity contribution in [1.82, 2.24) is 9.97 Å². The molecule has 0 aliphatic rings. The summed E-state index contributed by atoms with van der Waals surface area (Å²) < 4.78 is 10.8. The molecule has 0 saturated carbocycles. The number of hydrogen-bond donors (Lipinski definition) is 0. The molecule has 32 heavy (non-hydrogen) atoms. The standard InChI is InChI=1S/C26H20N2O4/c29-25(31-17-19-7-3-1-4-8-19)21-11-13-27-23(15-21)24-16-22(12-14-28-24)26(30)32-18-20-9-5-2-6-10-20/h1-16H,17-18H2. The zero-order valence-corrected chi connectivity index (χ0v) is 17.2. The van der Waals surface area contributed by atoms with Crippen LogP contribution in [0.5, 0.6) is 0 Å². The van der Waals surface area contributed by atoms with Gasteiger partial charge in [0, 0.05) is 12.4 Å². The van der Waals surface area contributed by atoms with Gasteiger partial charge >= 0.3 is 11.9 Å². The molecule has 0 radical (unpaired) electrons. The van der Waals surface area contributed by atoms with Gasteiger partial charge in [0.1, 0.15) is 13.2 Å². The predicted molar refractivity (Wildman–Crippen MR) is 119 cm³/mol. The number of rotatable bonds is 7. The van der Waals surface area contributed by atoms with Crippen molar-refractivity contribution in [3.63, 3.8) is 0 Å². The second-order valence-electron chi connectivity index (χ2n) is 6.98. The van der Waals surface area contributed by atoms with E-state index in [4.69, 9.17) is 9.47 Å². The molecule has 0 aliphatic carbocycles. The highest BCUT2D eigenvalue weighted by Gasteiger charge is 2.13. The Bertz CT molecular complexity index is 1110. The largest absolute Gasteiger partial charge is 0.457 e. The van der Waals surface area contributed by atoms with Crippen LogP contribution in [-0.2, 0) is 22.7 Å². The molecule has 2 heterocycles. The number of pyridine rings is 2. The molecule has 2 aromatic heterocycles. The summed E-state index contributed by atoms with van der Waals surface area (Å²) in [5.74, 6) is -0.924. The van der Waals surface area contributed by atoms with Crippen molar-refractivity contribution in [3.05, 3.63) is 120 Å². The first-order chi connectivity index (χ1) is 15.7. The Labute approximate surface area is 185 Å². The van der Waals surface area contributed by atoms with E-state index >= 15 is 0 Å². The van der Waals surface area contributed by atoms with Crippen LogP contribution in [0.15, 0.2) is 97.3 Å². The highest BCUT2D eigenvalue weighted by molar-refractivity contribution is 5.92. The molecule has 0 bridgehead atoms. The molecule has 4 rings (SSSR count). The van der Waals surface area contributed by atoms with Gasteiger partial charge in [-0.15, -0.1) is 0 Å². The van der Waals surface area contributed by atoms with Gasteiger partial charge in [-0.2, -0.15) is 0 Å². The van der Waals surface area contributed by atoms with Gasteiger partial charge < -0.3 is 9.47 Å². The number of carbonyl (C=O) groups excluding carboxylic acids is 2. The van der Waals surface area contributed by atoms with E-state index in [1.807, 2.05) is 60.7 Å². The van der Waals surface area contributed by atoms with Crippen LogP contribution in [0.4, 0.5) is 0 Å². The van der Waals surface area contributed by atoms with Crippen LogP contribution in [0.25, 0.3) is 11.4 Å². The first-order valence-electron chi connectivity index (χ1n) is 10.0. The van der Waals surface area contributed by atoms with Crippen LogP contribution in [0.1, 0.15) is 31.8 Å². The fourth-order valence-corrected chi connectivity index (χ4v) is 3.01. The molecule has 6 heteroatoms. The molecule has 6 nitrogen and oxygen atoms in total. The van der Waals surface area contributed by atoms with Gasteiger partial charge in [-0.25, -0.2) is 9.59 Å². The van der Waals surface area contributed by atoms with Crippen LogP contribution >= 0.6 is 0 Å². The summed E-state index contributed by atoms with van der Waals surface area (Å²) in [5, 5.41) is 0. The minimum Gasteiger partial charge on any atom is -0.457 e. The Morgan fingerprint density at radius 3 is 1.41 bits per heavy atom. The predicted octanol–water partition coefficient (Wildman–Crippen LogP) is 4.86. The third-order valence-corrected chi connectivity index (χ3v) is 4.68. The van der Waals surface area contributed by atoms with Gasteiger partial charge in [-0.05, 0) is 35.4 Å². The minimum absolute atomic E-state index is 0.179. The van der Waals surface area contributed by atoms with Crippen molar-refractivity contribution in [1.29, 1.82) is 0 Å². The fourth-order valence-electron chi connectivity index (χ4n) is 3.01. The van der Waals surface area contributed by atoms with Gasteiger partial charge in [0.25, 0.3) is 0 Å². The summed E-state index contributed by atoms with van der Waals surface area (Å²) in [5.41, 5.74) is 3.42. The number of aromatic nitrogens is 2. The van der Waals surface area contributed by atoms with Crippen LogP contribution in [0.2, 0.25) is 0 Å². The average molecular weight is 424 g/mol. The van der Waals surface area contributed by atoms with Crippen LogP contribution in [-0.4, -0.2) is 21.9 Å². The average Bonchev–Trinajstić information content (AvgIpc) is 2.87. The molecule has 0 atom stereocenters. The monoisotopic (exact) mass is 424 g/mol. The van der Waals surface area contributed by atoms with Gasteiger partial charge in [0.15, 0.2) is 0 Å². The molecule has 0 spiro atoms. The van der Waals surface area contributed by atoms with Crippen molar-refractivity contribution < 1.29 is 19.1 Å². The summed E-state index contributed by atoms with van der Waals surface area (Å²) >= 11 is 0. The zero-order valence-electron chi connectivity index (χ0n) is 17.2. The number of nitrogens with zero attached hydrogens (tertiary/aromatic N) is 2. The molecule has 0 amide bonds. The van der Waals surface area contributed by atoms with Crippen molar-refractivity contribution in [2.24, 2.45) is 0 Å². The number of benzene rings is 2. The Morgan fingerprint density at radius 2 is 1.00 bits per heavy atom. The SMILES string of the molecule is O=C(OCc1ccccc1)c1ccnc(-c2cc(C(=O)OCc3ccccc3)ccn2)c1. The van der Waals surface area contributed by atoms with E-state index in [-0.39, 0.29) is 13.2 Å². The molecule has 4 aromatic rings. The van der Waals surface area contributed by atoms with Gasteiger partial charge in [-0.1, -0.05) is 60.7 Å². The van der Waals surface area contributed by atoms with E-state index in [9.17, 15) is 9.59 Å². The van der Waals surface area contributed by atoms with Gasteiger partial charge in [0.2, 0.25) is 0 Å². The maximum atomic E-state index is 12.5. The number of carbonyl (C=O) groups is 2. The number of esters is 2. The lowest BCUT2D eigenvalue weighted by Crippen LogP contribution is -2.07. The molecule has 0 N–H and O–H groups in total. The first-order valence-corrected chi connectivity index (χ1v) is 10.0. The van der Waals surface area contributed by atoms with E-state index < -0.39 is 11.9 Å². The summed E-state index contributed by atoms with van der Waals surface area (Å²) in [4.78, 5) is 33.5. The lowest BCUT2D eigenvalue weighted by molar-refractivity contribution is 0.0463. The highest BCUT2D eigenvalue weighted by Crippen LogP contribution is 2.18. The highest BCUT2D eigenvalue weighted by atomic mass is 16.5. The summed E-state index contributed by atoms with van der Waals surface area (Å²) in [6.07, 6.45) is 3.02. The number of hydrogen-bond acceptors (Lipinski definition) is 6. The van der Waals surface area contributed by atoms with Crippen molar-refractivity contribution in [2.75, 3.05) is 0 Å². The summed E-state index contributed by atoms with van der Waals surface area (Å²) in [6.45, 7) is 0.358. The van der Waals surface area contributed by atoms with Gasteiger partial charge in [-0.3, -0.25) is 9.97 Å².